The van der Waals surface area contributed by atoms with Gasteiger partial charge in [-0.15, -0.1) is 11.3 Å². The fourth-order valence-electron chi connectivity index (χ4n) is 2.89. The first-order valence-corrected chi connectivity index (χ1v) is 9.68. The highest BCUT2D eigenvalue weighted by Gasteiger charge is 2.17. The second-order valence-electron chi connectivity index (χ2n) is 6.13. The zero-order valence-corrected chi connectivity index (χ0v) is 16.0. The molecule has 2 amide bonds. The number of aromatic nitrogens is 2. The maximum atomic E-state index is 12.7. The van der Waals surface area contributed by atoms with Crippen LogP contribution in [0.4, 0.5) is 10.9 Å². The molecule has 0 radical (unpaired) electrons. The third-order valence-electron chi connectivity index (χ3n) is 4.14. The van der Waals surface area contributed by atoms with Crippen LogP contribution in [0.15, 0.2) is 59.2 Å². The van der Waals surface area contributed by atoms with Gasteiger partial charge in [0.25, 0.3) is 11.8 Å². The second-order valence-corrected chi connectivity index (χ2v) is 7.21. The topological polar surface area (TPSA) is 89.2 Å². The molecule has 0 saturated carbocycles. The largest absolute Gasteiger partial charge is 0.459 e. The van der Waals surface area contributed by atoms with Gasteiger partial charge in [0, 0.05) is 6.54 Å². The normalized spacial score (nSPS) is 10.9. The van der Waals surface area contributed by atoms with Crippen LogP contribution in [0.5, 0.6) is 0 Å². The highest BCUT2D eigenvalue weighted by atomic mass is 32.1. The van der Waals surface area contributed by atoms with E-state index in [4.69, 9.17) is 4.42 Å². The maximum absolute atomic E-state index is 12.7. The Balaban J connectivity index is 1.51. The van der Waals surface area contributed by atoms with Crippen LogP contribution in [-0.2, 0) is 6.54 Å². The van der Waals surface area contributed by atoms with E-state index in [1.54, 1.807) is 24.3 Å². The van der Waals surface area contributed by atoms with Gasteiger partial charge >= 0.3 is 0 Å². The van der Waals surface area contributed by atoms with E-state index >= 15 is 0 Å². The number of carbonyl (C=O) groups excluding carboxylic acids is 2. The van der Waals surface area contributed by atoms with Crippen molar-refractivity contribution < 1.29 is 14.0 Å². The lowest BCUT2D eigenvalue weighted by molar-refractivity contribution is 0.0995. The number of nitrogens with one attached hydrogen (secondary N) is 2. The first-order valence-electron chi connectivity index (χ1n) is 8.87. The van der Waals surface area contributed by atoms with Crippen molar-refractivity contribution in [1.82, 2.24) is 9.55 Å². The third kappa shape index (κ3) is 3.54. The van der Waals surface area contributed by atoms with E-state index in [1.165, 1.54) is 17.6 Å². The monoisotopic (exact) mass is 394 g/mol. The van der Waals surface area contributed by atoms with E-state index < -0.39 is 0 Å². The van der Waals surface area contributed by atoms with Gasteiger partial charge in [-0.3, -0.25) is 14.9 Å². The van der Waals surface area contributed by atoms with Crippen molar-refractivity contribution in [2.24, 2.45) is 0 Å². The van der Waals surface area contributed by atoms with Crippen LogP contribution in [-0.4, -0.2) is 21.4 Å². The summed E-state index contributed by atoms with van der Waals surface area (Å²) < 4.78 is 7.07. The molecule has 1 aromatic carbocycles. The van der Waals surface area contributed by atoms with Crippen LogP contribution in [0.1, 0.15) is 33.6 Å². The van der Waals surface area contributed by atoms with E-state index in [-0.39, 0.29) is 17.6 Å². The minimum absolute atomic E-state index is 0.215. The maximum Gasteiger partial charge on any atom is 0.291 e. The van der Waals surface area contributed by atoms with E-state index in [0.717, 1.165) is 24.0 Å². The number of imidazole rings is 1. The Morgan fingerprint density at radius 2 is 1.93 bits per heavy atom. The van der Waals surface area contributed by atoms with Gasteiger partial charge in [-0.1, -0.05) is 19.1 Å². The predicted octanol–water partition coefficient (Wildman–Crippen LogP) is 4.61. The van der Waals surface area contributed by atoms with Gasteiger partial charge < -0.3 is 14.3 Å². The van der Waals surface area contributed by atoms with Gasteiger partial charge in [0.2, 0.25) is 5.95 Å². The van der Waals surface area contributed by atoms with Gasteiger partial charge in [0.05, 0.1) is 27.2 Å². The number of nitrogens with zero attached hydrogens (tertiary/aromatic N) is 2. The molecule has 0 aliphatic rings. The Labute approximate surface area is 165 Å². The van der Waals surface area contributed by atoms with Gasteiger partial charge in [-0.25, -0.2) is 4.98 Å². The Hall–Kier alpha value is -3.39. The van der Waals surface area contributed by atoms with Crippen LogP contribution < -0.4 is 10.6 Å². The SMILES string of the molecule is CCCn1c(NC(=O)c2ccc(NC(=O)c3ccco3)s2)nc2ccccc21. The summed E-state index contributed by atoms with van der Waals surface area (Å²) in [5.41, 5.74) is 1.82. The molecular weight excluding hydrogens is 376 g/mol. The molecule has 0 spiro atoms. The molecular formula is C20H18N4O3S. The van der Waals surface area contributed by atoms with E-state index in [9.17, 15) is 9.59 Å². The van der Waals surface area contributed by atoms with Crippen LogP contribution in [0.25, 0.3) is 11.0 Å². The minimum atomic E-state index is -0.358. The van der Waals surface area contributed by atoms with Crippen LogP contribution >= 0.6 is 11.3 Å². The Morgan fingerprint density at radius 3 is 2.71 bits per heavy atom. The average Bonchev–Trinajstić information content (AvgIpc) is 3.43. The average molecular weight is 394 g/mol. The summed E-state index contributed by atoms with van der Waals surface area (Å²) in [4.78, 5) is 29.8. The number of anilines is 2. The van der Waals surface area contributed by atoms with Gasteiger partial charge in [-0.2, -0.15) is 0 Å². The molecule has 3 heterocycles. The molecule has 8 heteroatoms. The van der Waals surface area contributed by atoms with Crippen molar-refractivity contribution in [3.63, 3.8) is 0 Å². The van der Waals surface area contributed by atoms with E-state index in [0.29, 0.717) is 15.8 Å². The fraction of sp³-hybridized carbons (Fsp3) is 0.150. The highest BCUT2D eigenvalue weighted by molar-refractivity contribution is 7.18. The Morgan fingerprint density at radius 1 is 1.07 bits per heavy atom. The van der Waals surface area contributed by atoms with Crippen LogP contribution in [0, 0.1) is 0 Å². The number of hydrogen-bond acceptors (Lipinski definition) is 5. The summed E-state index contributed by atoms with van der Waals surface area (Å²) in [6.45, 7) is 2.83. The molecule has 2 N–H and O–H groups in total. The molecule has 3 aromatic heterocycles. The molecule has 0 saturated heterocycles. The molecule has 0 atom stereocenters. The van der Waals surface area contributed by atoms with Gasteiger partial charge in [0.1, 0.15) is 0 Å². The smallest absolute Gasteiger partial charge is 0.291 e. The van der Waals surface area contributed by atoms with Crippen molar-refractivity contribution in [2.75, 3.05) is 10.6 Å². The van der Waals surface area contributed by atoms with E-state index in [1.807, 2.05) is 28.8 Å². The van der Waals surface area contributed by atoms with Crippen molar-refractivity contribution in [1.29, 1.82) is 0 Å². The molecule has 0 unspecified atom stereocenters. The summed E-state index contributed by atoms with van der Waals surface area (Å²) in [7, 11) is 0. The number of carbonyl (C=O) groups is 2. The number of thiophene rings is 1. The standard InChI is InChI=1S/C20H18N4O3S/c1-2-11-24-14-7-4-3-6-13(14)21-20(24)23-19(26)16-9-10-17(28-16)22-18(25)15-8-5-12-27-15/h3-10,12H,2,11H2,1H3,(H,22,25)(H,21,23,26). The lowest BCUT2D eigenvalue weighted by atomic mass is 10.3. The molecule has 0 aliphatic heterocycles. The number of furan rings is 1. The summed E-state index contributed by atoms with van der Waals surface area (Å²) in [6.07, 6.45) is 2.36. The molecule has 0 bridgehead atoms. The number of para-hydroxylation sites is 2. The first kappa shape index (κ1) is 18.0. The molecule has 4 aromatic rings. The number of hydrogen-bond donors (Lipinski definition) is 2. The minimum Gasteiger partial charge on any atom is -0.459 e. The zero-order chi connectivity index (χ0) is 19.5. The van der Waals surface area contributed by atoms with Gasteiger partial charge in [-0.05, 0) is 42.8 Å². The molecule has 142 valence electrons. The number of benzene rings is 1. The van der Waals surface area contributed by atoms with E-state index in [2.05, 4.69) is 22.5 Å². The van der Waals surface area contributed by atoms with Crippen molar-refractivity contribution in [3.8, 4) is 0 Å². The third-order valence-corrected chi connectivity index (χ3v) is 5.14. The number of fused-ring (bicyclic) bond motifs is 1. The second kappa shape index (κ2) is 7.69. The number of aryl methyl sites for hydroxylation is 1. The van der Waals surface area contributed by atoms with Gasteiger partial charge in [0.15, 0.2) is 5.76 Å². The molecule has 0 aliphatic carbocycles. The summed E-state index contributed by atoms with van der Waals surface area (Å²) in [5, 5.41) is 6.17. The number of rotatable bonds is 6. The molecule has 4 rings (SSSR count). The van der Waals surface area contributed by atoms with Crippen LogP contribution in [0.2, 0.25) is 0 Å². The van der Waals surface area contributed by atoms with Crippen molar-refractivity contribution in [3.05, 3.63) is 65.4 Å². The summed E-state index contributed by atoms with van der Waals surface area (Å²) in [6, 6.07) is 14.4. The molecule has 0 fully saturated rings. The summed E-state index contributed by atoms with van der Waals surface area (Å²) in [5.74, 6) is 0.106. The van der Waals surface area contributed by atoms with Crippen LogP contribution in [0.3, 0.4) is 0 Å². The summed E-state index contributed by atoms with van der Waals surface area (Å²) >= 11 is 1.19. The predicted molar refractivity (Wildman–Crippen MR) is 109 cm³/mol. The lowest BCUT2D eigenvalue weighted by Gasteiger charge is -2.08. The quantitative estimate of drug-likeness (QED) is 0.500. The Kier molecular flexibility index (Phi) is 4.94. The number of amides is 2. The molecule has 7 nitrogen and oxygen atoms in total. The van der Waals surface area contributed by atoms with Crippen molar-refractivity contribution in [2.45, 2.75) is 19.9 Å². The zero-order valence-electron chi connectivity index (χ0n) is 15.1. The Bertz CT molecular complexity index is 1130. The fourth-order valence-corrected chi connectivity index (χ4v) is 3.69. The van der Waals surface area contributed by atoms with Crippen molar-refractivity contribution >= 4 is 45.1 Å². The highest BCUT2D eigenvalue weighted by Crippen LogP contribution is 2.25. The first-order chi connectivity index (χ1) is 13.7. The molecule has 28 heavy (non-hydrogen) atoms. The lowest BCUT2D eigenvalue weighted by Crippen LogP contribution is -2.15.